The van der Waals surface area contributed by atoms with Crippen LogP contribution >= 0.6 is 0 Å². The molecule has 0 unspecified atom stereocenters. The highest BCUT2D eigenvalue weighted by atomic mass is 16.4. The maximum absolute atomic E-state index is 13.4. The number of pyridine rings is 1. The largest absolute Gasteiger partial charge is 0.421 e. The lowest BCUT2D eigenvalue weighted by atomic mass is 10.1. The zero-order chi connectivity index (χ0) is 21.1. The Morgan fingerprint density at radius 1 is 1.07 bits per heavy atom. The van der Waals surface area contributed by atoms with Gasteiger partial charge in [0.1, 0.15) is 0 Å². The fraction of sp³-hybridized carbons (Fsp3) is 0.364. The summed E-state index contributed by atoms with van der Waals surface area (Å²) in [5.41, 5.74) is 3.51. The fourth-order valence-corrected chi connectivity index (χ4v) is 3.51. The van der Waals surface area contributed by atoms with E-state index in [0.717, 1.165) is 48.7 Å². The third kappa shape index (κ3) is 4.33. The van der Waals surface area contributed by atoms with Crippen LogP contribution in [-0.2, 0) is 6.54 Å². The molecule has 1 saturated heterocycles. The number of carbonyl (C=O) groups excluding carboxylic acids is 1. The zero-order valence-corrected chi connectivity index (χ0v) is 17.6. The van der Waals surface area contributed by atoms with Gasteiger partial charge in [0, 0.05) is 45.0 Å². The van der Waals surface area contributed by atoms with Crippen molar-refractivity contribution in [2.45, 2.75) is 20.4 Å². The highest BCUT2D eigenvalue weighted by molar-refractivity contribution is 5.92. The van der Waals surface area contributed by atoms with Crippen LogP contribution < -0.4 is 4.90 Å². The number of para-hydroxylation sites is 1. The van der Waals surface area contributed by atoms with Crippen molar-refractivity contribution in [2.75, 3.05) is 38.1 Å². The molecule has 2 aromatic heterocycles. The number of hydrogen-bond donors (Lipinski definition) is 0. The van der Waals surface area contributed by atoms with E-state index in [0.29, 0.717) is 18.3 Å². The molecular formula is C22H26N6O2. The zero-order valence-electron chi connectivity index (χ0n) is 17.6. The van der Waals surface area contributed by atoms with Gasteiger partial charge in [0.05, 0.1) is 17.8 Å². The van der Waals surface area contributed by atoms with Crippen molar-refractivity contribution in [1.82, 2.24) is 25.0 Å². The number of piperazine rings is 1. The van der Waals surface area contributed by atoms with E-state index in [1.165, 1.54) is 0 Å². The molecule has 30 heavy (non-hydrogen) atoms. The molecule has 0 atom stereocenters. The molecule has 4 rings (SSSR count). The summed E-state index contributed by atoms with van der Waals surface area (Å²) in [6.07, 6.45) is 1.71. The Labute approximate surface area is 176 Å². The molecule has 156 valence electrons. The molecule has 8 heteroatoms. The molecular weight excluding hydrogens is 380 g/mol. The number of urea groups is 1. The third-order valence-corrected chi connectivity index (χ3v) is 5.33. The third-order valence-electron chi connectivity index (χ3n) is 5.33. The lowest BCUT2D eigenvalue weighted by Gasteiger charge is -2.36. The molecule has 1 aliphatic heterocycles. The summed E-state index contributed by atoms with van der Waals surface area (Å²) in [6.45, 7) is 7.37. The van der Waals surface area contributed by atoms with Gasteiger partial charge in [-0.1, -0.05) is 18.2 Å². The highest BCUT2D eigenvalue weighted by Gasteiger charge is 2.26. The van der Waals surface area contributed by atoms with Crippen molar-refractivity contribution in [3.63, 3.8) is 0 Å². The Morgan fingerprint density at radius 3 is 2.47 bits per heavy atom. The molecule has 1 aromatic carbocycles. The molecule has 0 radical (unpaired) electrons. The van der Waals surface area contributed by atoms with E-state index in [9.17, 15) is 4.79 Å². The van der Waals surface area contributed by atoms with Gasteiger partial charge in [-0.3, -0.25) is 9.88 Å². The molecule has 3 aromatic rings. The van der Waals surface area contributed by atoms with Gasteiger partial charge in [0.25, 0.3) is 0 Å². The topological polar surface area (TPSA) is 78.6 Å². The van der Waals surface area contributed by atoms with E-state index < -0.39 is 0 Å². The van der Waals surface area contributed by atoms with Gasteiger partial charge in [0.15, 0.2) is 0 Å². The number of aromatic nitrogens is 3. The second-order valence-corrected chi connectivity index (χ2v) is 7.61. The number of nitrogens with zero attached hydrogens (tertiary/aromatic N) is 6. The van der Waals surface area contributed by atoms with Crippen LogP contribution in [-0.4, -0.2) is 64.2 Å². The lowest BCUT2D eigenvalue weighted by molar-refractivity contribution is 0.159. The van der Waals surface area contributed by atoms with E-state index in [1.807, 2.05) is 53.1 Å². The van der Waals surface area contributed by atoms with E-state index in [4.69, 9.17) is 4.42 Å². The predicted molar refractivity (Wildman–Crippen MR) is 114 cm³/mol. The van der Waals surface area contributed by atoms with Crippen molar-refractivity contribution in [2.24, 2.45) is 0 Å². The van der Waals surface area contributed by atoms with Gasteiger partial charge in [-0.2, -0.15) is 0 Å². The molecule has 0 spiro atoms. The number of likely N-dealkylation sites (N-methyl/N-ethyl adjacent to an activating group) is 1. The maximum Gasteiger partial charge on any atom is 0.324 e. The minimum atomic E-state index is 0.0100. The quantitative estimate of drug-likeness (QED) is 0.662. The Hall–Kier alpha value is -3.26. The van der Waals surface area contributed by atoms with Gasteiger partial charge in [0.2, 0.25) is 11.8 Å². The molecule has 1 fully saturated rings. The first-order valence-electron chi connectivity index (χ1n) is 10.1. The molecule has 0 saturated carbocycles. The van der Waals surface area contributed by atoms with Crippen LogP contribution in [0, 0.1) is 13.8 Å². The second kappa shape index (κ2) is 8.62. The Bertz CT molecular complexity index is 1010. The fourth-order valence-electron chi connectivity index (χ4n) is 3.51. The summed E-state index contributed by atoms with van der Waals surface area (Å²) in [5, 5.41) is 7.89. The van der Waals surface area contributed by atoms with Gasteiger partial charge >= 0.3 is 6.03 Å². The van der Waals surface area contributed by atoms with E-state index in [1.54, 1.807) is 13.1 Å². The number of amides is 2. The summed E-state index contributed by atoms with van der Waals surface area (Å²) >= 11 is 0. The number of aryl methyl sites for hydroxylation is 2. The number of rotatable bonds is 4. The monoisotopic (exact) mass is 406 g/mol. The first kappa shape index (κ1) is 20.0. The van der Waals surface area contributed by atoms with Crippen LogP contribution in [0.4, 0.5) is 10.5 Å². The standard InChI is InChI=1S/C22H26N6O2/c1-16-6-4-5-7-20(16)28(22(29)27-12-10-26(3)11-13-27)15-19-9-8-18(14-23-19)21-25-24-17(2)30-21/h4-9,14H,10-13,15H2,1-3H3. The van der Waals surface area contributed by atoms with Crippen molar-refractivity contribution in [3.8, 4) is 11.5 Å². The van der Waals surface area contributed by atoms with E-state index in [2.05, 4.69) is 27.1 Å². The van der Waals surface area contributed by atoms with Crippen LogP contribution in [0.25, 0.3) is 11.5 Å². The van der Waals surface area contributed by atoms with Gasteiger partial charge in [-0.25, -0.2) is 4.79 Å². The summed E-state index contributed by atoms with van der Waals surface area (Å²) in [6, 6.07) is 11.8. The van der Waals surface area contributed by atoms with Gasteiger partial charge in [-0.05, 0) is 37.7 Å². The summed E-state index contributed by atoms with van der Waals surface area (Å²) in [4.78, 5) is 24.0. The highest BCUT2D eigenvalue weighted by Crippen LogP contribution is 2.24. The summed E-state index contributed by atoms with van der Waals surface area (Å²) < 4.78 is 5.46. The van der Waals surface area contributed by atoms with E-state index in [-0.39, 0.29) is 6.03 Å². The molecule has 2 amide bonds. The van der Waals surface area contributed by atoms with Crippen LogP contribution in [0.2, 0.25) is 0 Å². The van der Waals surface area contributed by atoms with Crippen LogP contribution in [0.15, 0.2) is 47.0 Å². The van der Waals surface area contributed by atoms with Crippen LogP contribution in [0.3, 0.4) is 0 Å². The SMILES string of the molecule is Cc1nnc(-c2ccc(CN(C(=O)N3CCN(C)CC3)c3ccccc3C)nc2)o1. The summed E-state index contributed by atoms with van der Waals surface area (Å²) in [7, 11) is 2.08. The first-order chi connectivity index (χ1) is 14.5. The normalized spacial score (nSPS) is 14.7. The number of anilines is 1. The molecule has 0 N–H and O–H groups in total. The lowest BCUT2D eigenvalue weighted by Crippen LogP contribution is -2.52. The number of carbonyl (C=O) groups is 1. The predicted octanol–water partition coefficient (Wildman–Crippen LogP) is 3.12. The van der Waals surface area contributed by atoms with E-state index >= 15 is 0 Å². The average molecular weight is 406 g/mol. The van der Waals surface area contributed by atoms with Crippen molar-refractivity contribution < 1.29 is 9.21 Å². The molecule has 8 nitrogen and oxygen atoms in total. The van der Waals surface area contributed by atoms with Gasteiger partial charge in [-0.15, -0.1) is 10.2 Å². The molecule has 0 aliphatic carbocycles. The summed E-state index contributed by atoms with van der Waals surface area (Å²) in [5.74, 6) is 0.952. The Kier molecular flexibility index (Phi) is 5.76. The van der Waals surface area contributed by atoms with Crippen LogP contribution in [0.5, 0.6) is 0 Å². The van der Waals surface area contributed by atoms with Crippen molar-refractivity contribution >= 4 is 11.7 Å². The Morgan fingerprint density at radius 2 is 1.83 bits per heavy atom. The van der Waals surface area contributed by atoms with Crippen molar-refractivity contribution in [3.05, 3.63) is 59.7 Å². The minimum absolute atomic E-state index is 0.0100. The number of benzene rings is 1. The Balaban J connectivity index is 1.58. The average Bonchev–Trinajstić information content (AvgIpc) is 3.19. The van der Waals surface area contributed by atoms with Gasteiger partial charge < -0.3 is 14.2 Å². The first-order valence-corrected chi connectivity index (χ1v) is 10.1. The minimum Gasteiger partial charge on any atom is -0.421 e. The molecule has 1 aliphatic rings. The second-order valence-electron chi connectivity index (χ2n) is 7.61. The molecule has 0 bridgehead atoms. The van der Waals surface area contributed by atoms with Crippen LogP contribution in [0.1, 0.15) is 17.1 Å². The van der Waals surface area contributed by atoms with Crippen molar-refractivity contribution in [1.29, 1.82) is 0 Å². The number of hydrogen-bond acceptors (Lipinski definition) is 6. The molecule has 3 heterocycles. The smallest absolute Gasteiger partial charge is 0.324 e. The maximum atomic E-state index is 13.4.